The number of aliphatic carboxylic acids is 1. The molecule has 1 unspecified atom stereocenters. The van der Waals surface area contributed by atoms with E-state index in [1.54, 1.807) is 22.7 Å². The van der Waals surface area contributed by atoms with Gasteiger partial charge in [0.1, 0.15) is 5.69 Å². The molecule has 1 amide bonds. The van der Waals surface area contributed by atoms with Crippen LogP contribution in [-0.2, 0) is 4.79 Å². The molecule has 2 aromatic rings. The van der Waals surface area contributed by atoms with Crippen LogP contribution in [0.2, 0.25) is 0 Å². The molecule has 1 aromatic heterocycles. The van der Waals surface area contributed by atoms with E-state index in [0.717, 1.165) is 16.9 Å². The number of H-pyrrole nitrogens is 1. The zero-order valence-corrected chi connectivity index (χ0v) is 14.2. The van der Waals surface area contributed by atoms with Crippen molar-refractivity contribution < 1.29 is 14.7 Å². The number of hydrogen-bond acceptors (Lipinski definition) is 4. The Bertz CT molecular complexity index is 742. The summed E-state index contributed by atoms with van der Waals surface area (Å²) in [4.78, 5) is 25.4. The average Bonchev–Trinajstić information content (AvgIpc) is 3.05. The molecular weight excluding hydrogens is 326 g/mol. The smallest absolute Gasteiger partial charge is 0.305 e. The maximum absolute atomic E-state index is 12.7. The molecule has 7 heteroatoms. The highest BCUT2D eigenvalue weighted by atomic mass is 32.2. The molecule has 0 spiro atoms. The first-order chi connectivity index (χ1) is 11.5. The van der Waals surface area contributed by atoms with Gasteiger partial charge in [-0.3, -0.25) is 14.7 Å². The first kappa shape index (κ1) is 16.6. The van der Waals surface area contributed by atoms with Gasteiger partial charge in [0.05, 0.1) is 18.2 Å². The van der Waals surface area contributed by atoms with Gasteiger partial charge in [0.2, 0.25) is 0 Å². The van der Waals surface area contributed by atoms with Gasteiger partial charge < -0.3 is 10.0 Å². The monoisotopic (exact) mass is 345 g/mol. The third-order valence-electron chi connectivity index (χ3n) is 4.05. The lowest BCUT2D eigenvalue weighted by atomic mass is 10.1. The molecule has 1 aromatic carbocycles. The summed E-state index contributed by atoms with van der Waals surface area (Å²) in [6, 6.07) is 9.37. The van der Waals surface area contributed by atoms with Crippen LogP contribution in [0.5, 0.6) is 0 Å². The largest absolute Gasteiger partial charge is 0.481 e. The number of hydrogen-bond donors (Lipinski definition) is 2. The molecule has 0 radical (unpaired) electrons. The lowest BCUT2D eigenvalue weighted by molar-refractivity contribution is -0.138. The maximum atomic E-state index is 12.7. The quantitative estimate of drug-likeness (QED) is 0.889. The Kier molecular flexibility index (Phi) is 4.89. The van der Waals surface area contributed by atoms with E-state index in [1.165, 1.54) is 0 Å². The topological polar surface area (TPSA) is 86.3 Å². The second-order valence-electron chi connectivity index (χ2n) is 5.86. The number of nitrogens with zero attached hydrogens (tertiary/aromatic N) is 2. The van der Waals surface area contributed by atoms with Crippen molar-refractivity contribution in [1.29, 1.82) is 0 Å². The highest BCUT2D eigenvalue weighted by Crippen LogP contribution is 2.23. The minimum atomic E-state index is -0.884. The number of nitrogens with one attached hydrogen (secondary N) is 1. The van der Waals surface area contributed by atoms with Crippen LogP contribution in [0.3, 0.4) is 0 Å². The third kappa shape index (κ3) is 3.62. The lowest BCUT2D eigenvalue weighted by Crippen LogP contribution is -2.47. The zero-order valence-electron chi connectivity index (χ0n) is 13.4. The molecule has 0 aliphatic carbocycles. The van der Waals surface area contributed by atoms with E-state index in [9.17, 15) is 9.59 Å². The number of carboxylic acid groups (broad SMARTS) is 1. The molecule has 24 heavy (non-hydrogen) atoms. The van der Waals surface area contributed by atoms with Crippen LogP contribution < -0.4 is 0 Å². The van der Waals surface area contributed by atoms with Crippen LogP contribution in [0, 0.1) is 6.92 Å². The van der Waals surface area contributed by atoms with Crippen molar-refractivity contribution in [3.8, 4) is 11.3 Å². The predicted molar refractivity (Wildman–Crippen MR) is 93.2 cm³/mol. The summed E-state index contributed by atoms with van der Waals surface area (Å²) < 4.78 is 0. The first-order valence-corrected chi connectivity index (χ1v) is 8.93. The molecule has 1 aliphatic heterocycles. The molecule has 2 heterocycles. The highest BCUT2D eigenvalue weighted by molar-refractivity contribution is 7.99. The number of amides is 1. The Balaban J connectivity index is 1.79. The van der Waals surface area contributed by atoms with E-state index in [4.69, 9.17) is 5.11 Å². The first-order valence-electron chi connectivity index (χ1n) is 7.77. The van der Waals surface area contributed by atoms with Crippen LogP contribution >= 0.6 is 11.8 Å². The number of aryl methyl sites for hydroxylation is 1. The van der Waals surface area contributed by atoms with Crippen molar-refractivity contribution in [2.45, 2.75) is 19.4 Å². The zero-order chi connectivity index (χ0) is 17.1. The predicted octanol–water partition coefficient (Wildman–Crippen LogP) is 2.42. The lowest BCUT2D eigenvalue weighted by Gasteiger charge is -2.34. The number of rotatable bonds is 4. The minimum absolute atomic E-state index is 0.0301. The molecule has 0 bridgehead atoms. The van der Waals surface area contributed by atoms with Crippen molar-refractivity contribution in [3.63, 3.8) is 0 Å². The van der Waals surface area contributed by atoms with Gasteiger partial charge in [0, 0.05) is 23.6 Å². The molecular formula is C17H19N3O3S. The van der Waals surface area contributed by atoms with Crippen molar-refractivity contribution in [2.24, 2.45) is 0 Å². The van der Waals surface area contributed by atoms with Gasteiger partial charge in [-0.15, -0.1) is 0 Å². The number of carbonyl (C=O) groups is 2. The Morgan fingerprint density at radius 1 is 1.38 bits per heavy atom. The van der Waals surface area contributed by atoms with Gasteiger partial charge in [-0.2, -0.15) is 16.9 Å². The standard InChI is InChI=1S/C17H19N3O3S/c1-11-2-4-12(5-3-11)14-9-15(19-18-14)17(23)20-6-7-24-10-13(20)8-16(21)22/h2-5,9,13H,6-8,10H2,1H3,(H,18,19)(H,21,22). The fraction of sp³-hybridized carbons (Fsp3) is 0.353. The average molecular weight is 345 g/mol. The molecule has 1 atom stereocenters. The van der Waals surface area contributed by atoms with E-state index in [0.29, 0.717) is 23.7 Å². The third-order valence-corrected chi connectivity index (χ3v) is 5.15. The number of aromatic amines is 1. The van der Waals surface area contributed by atoms with Crippen molar-refractivity contribution in [3.05, 3.63) is 41.6 Å². The molecule has 1 saturated heterocycles. The summed E-state index contributed by atoms with van der Waals surface area (Å²) in [6.45, 7) is 2.57. The van der Waals surface area contributed by atoms with Crippen LogP contribution in [0.15, 0.2) is 30.3 Å². The molecule has 126 valence electrons. The molecule has 6 nitrogen and oxygen atoms in total. The number of thioether (sulfide) groups is 1. The number of carboxylic acids is 1. The normalized spacial score (nSPS) is 17.7. The van der Waals surface area contributed by atoms with Gasteiger partial charge in [0.15, 0.2) is 0 Å². The van der Waals surface area contributed by atoms with E-state index in [2.05, 4.69) is 10.2 Å². The van der Waals surface area contributed by atoms with Gasteiger partial charge in [0.25, 0.3) is 5.91 Å². The fourth-order valence-electron chi connectivity index (χ4n) is 2.75. The SMILES string of the molecule is Cc1ccc(-c2cc(C(=O)N3CCSCC3CC(=O)O)[nH]n2)cc1. The Labute approximate surface area is 144 Å². The highest BCUT2D eigenvalue weighted by Gasteiger charge is 2.30. The number of carbonyl (C=O) groups excluding carboxylic acids is 1. The molecule has 2 N–H and O–H groups in total. The van der Waals surface area contributed by atoms with Crippen molar-refractivity contribution in [1.82, 2.24) is 15.1 Å². The van der Waals surface area contributed by atoms with Crippen LogP contribution in [0.4, 0.5) is 0 Å². The van der Waals surface area contributed by atoms with E-state index >= 15 is 0 Å². The summed E-state index contributed by atoms with van der Waals surface area (Å²) >= 11 is 1.68. The Hall–Kier alpha value is -2.28. The summed E-state index contributed by atoms with van der Waals surface area (Å²) in [6.07, 6.45) is -0.0301. The second-order valence-corrected chi connectivity index (χ2v) is 7.01. The Morgan fingerprint density at radius 3 is 2.83 bits per heavy atom. The van der Waals surface area contributed by atoms with E-state index in [-0.39, 0.29) is 18.4 Å². The fourth-order valence-corrected chi connectivity index (χ4v) is 3.81. The second kappa shape index (κ2) is 7.09. The summed E-state index contributed by atoms with van der Waals surface area (Å²) in [5.74, 6) is 0.398. The van der Waals surface area contributed by atoms with Gasteiger partial charge >= 0.3 is 5.97 Å². The maximum Gasteiger partial charge on any atom is 0.305 e. The summed E-state index contributed by atoms with van der Waals surface area (Å²) in [5.41, 5.74) is 3.20. The van der Waals surface area contributed by atoms with Crippen molar-refractivity contribution in [2.75, 3.05) is 18.1 Å². The molecule has 0 saturated carbocycles. The molecule has 1 fully saturated rings. The minimum Gasteiger partial charge on any atom is -0.481 e. The van der Waals surface area contributed by atoms with Crippen LogP contribution in [-0.4, -0.2) is 56.2 Å². The summed E-state index contributed by atoms with van der Waals surface area (Å²) in [7, 11) is 0. The van der Waals surface area contributed by atoms with E-state index in [1.807, 2.05) is 31.2 Å². The number of aromatic nitrogens is 2. The number of benzene rings is 1. The Morgan fingerprint density at radius 2 is 2.12 bits per heavy atom. The van der Waals surface area contributed by atoms with E-state index < -0.39 is 5.97 Å². The van der Waals surface area contributed by atoms with Gasteiger partial charge in [-0.05, 0) is 13.0 Å². The van der Waals surface area contributed by atoms with Gasteiger partial charge in [-0.25, -0.2) is 0 Å². The van der Waals surface area contributed by atoms with Crippen LogP contribution in [0.25, 0.3) is 11.3 Å². The molecule has 3 rings (SSSR count). The van der Waals surface area contributed by atoms with Crippen LogP contribution in [0.1, 0.15) is 22.5 Å². The summed E-state index contributed by atoms with van der Waals surface area (Å²) in [5, 5.41) is 16.1. The molecule has 1 aliphatic rings. The van der Waals surface area contributed by atoms with Gasteiger partial charge in [-0.1, -0.05) is 29.8 Å². The van der Waals surface area contributed by atoms with Crippen molar-refractivity contribution >= 4 is 23.6 Å².